The third kappa shape index (κ3) is 1.35. The molecule has 0 aliphatic rings. The molecule has 0 fully saturated rings. The molecule has 1 aromatic heterocycles. The van der Waals surface area contributed by atoms with E-state index in [1.807, 2.05) is 0 Å². The van der Waals surface area contributed by atoms with E-state index in [4.69, 9.17) is 5.11 Å². The van der Waals surface area contributed by atoms with Gasteiger partial charge in [0.2, 0.25) is 0 Å². The Morgan fingerprint density at radius 2 is 2.36 bits per heavy atom. The summed E-state index contributed by atoms with van der Waals surface area (Å²) in [7, 11) is 1.32. The highest BCUT2D eigenvalue weighted by Gasteiger charge is 2.13. The van der Waals surface area contributed by atoms with Gasteiger partial charge in [0.25, 0.3) is 0 Å². The molecule has 1 N–H and O–H groups in total. The highest BCUT2D eigenvalue weighted by Crippen LogP contribution is 2.27. The summed E-state index contributed by atoms with van der Waals surface area (Å²) in [4.78, 5) is 11.4. The average molecular weight is 172 g/mol. The monoisotopic (exact) mass is 172 g/mol. The lowest BCUT2D eigenvalue weighted by atomic mass is 10.3. The fourth-order valence-corrected chi connectivity index (χ4v) is 1.57. The Bertz CT molecular complexity index is 277. The Labute approximate surface area is 68.2 Å². The van der Waals surface area contributed by atoms with Crippen molar-refractivity contribution in [2.45, 2.75) is 6.92 Å². The van der Waals surface area contributed by atoms with Crippen molar-refractivity contribution in [3.05, 3.63) is 15.8 Å². The van der Waals surface area contributed by atoms with Gasteiger partial charge >= 0.3 is 5.97 Å². The van der Waals surface area contributed by atoms with Crippen LogP contribution >= 0.6 is 11.3 Å². The fourth-order valence-electron chi connectivity index (χ4n) is 0.702. The minimum absolute atomic E-state index is 0.149. The van der Waals surface area contributed by atoms with Crippen LogP contribution in [0.1, 0.15) is 15.2 Å². The number of hydrogen-bond acceptors (Lipinski definition) is 4. The second kappa shape index (κ2) is 2.92. The van der Waals surface area contributed by atoms with Crippen molar-refractivity contribution in [3.8, 4) is 5.75 Å². The van der Waals surface area contributed by atoms with Crippen LogP contribution in [-0.2, 0) is 4.74 Å². The number of ether oxygens (including phenoxy) is 1. The fraction of sp³-hybridized carbons (Fsp3) is 0.286. The van der Waals surface area contributed by atoms with Crippen molar-refractivity contribution >= 4 is 17.3 Å². The van der Waals surface area contributed by atoms with Crippen molar-refractivity contribution in [2.24, 2.45) is 0 Å². The number of carbonyl (C=O) groups excluding carboxylic acids is 1. The Morgan fingerprint density at radius 1 is 1.73 bits per heavy atom. The molecular weight excluding hydrogens is 164 g/mol. The van der Waals surface area contributed by atoms with E-state index in [1.165, 1.54) is 23.8 Å². The molecule has 0 saturated heterocycles. The minimum atomic E-state index is -0.396. The van der Waals surface area contributed by atoms with Crippen LogP contribution < -0.4 is 0 Å². The standard InChI is InChI=1S/C7H8O3S/c1-4-5(8)3-11-6(4)7(9)10-2/h3,8H,1-2H3. The highest BCUT2D eigenvalue weighted by atomic mass is 32.1. The molecule has 1 rings (SSSR count). The lowest BCUT2D eigenvalue weighted by Crippen LogP contribution is -1.99. The summed E-state index contributed by atoms with van der Waals surface area (Å²) in [6.07, 6.45) is 0. The van der Waals surface area contributed by atoms with Crippen LogP contribution in [0.15, 0.2) is 5.38 Å². The molecule has 0 bridgehead atoms. The molecule has 1 heterocycles. The zero-order valence-corrected chi connectivity index (χ0v) is 7.07. The molecule has 0 saturated carbocycles. The first-order valence-corrected chi connectivity index (χ1v) is 3.90. The first kappa shape index (κ1) is 8.07. The summed E-state index contributed by atoms with van der Waals surface area (Å²) < 4.78 is 4.49. The lowest BCUT2D eigenvalue weighted by molar-refractivity contribution is 0.0605. The molecule has 4 heteroatoms. The Morgan fingerprint density at radius 3 is 2.73 bits per heavy atom. The Kier molecular flexibility index (Phi) is 2.14. The number of aromatic hydroxyl groups is 1. The maximum absolute atomic E-state index is 10.9. The summed E-state index contributed by atoms with van der Waals surface area (Å²) in [5, 5.41) is 10.6. The largest absolute Gasteiger partial charge is 0.507 e. The highest BCUT2D eigenvalue weighted by molar-refractivity contribution is 7.12. The molecule has 0 spiro atoms. The number of carbonyl (C=O) groups is 1. The van der Waals surface area contributed by atoms with Gasteiger partial charge in [-0.15, -0.1) is 11.3 Å². The molecular formula is C7H8O3S. The van der Waals surface area contributed by atoms with Crippen molar-refractivity contribution in [2.75, 3.05) is 7.11 Å². The van der Waals surface area contributed by atoms with Gasteiger partial charge in [0.05, 0.1) is 7.11 Å². The maximum Gasteiger partial charge on any atom is 0.348 e. The van der Waals surface area contributed by atoms with Crippen molar-refractivity contribution in [1.29, 1.82) is 0 Å². The van der Waals surface area contributed by atoms with Gasteiger partial charge in [-0.25, -0.2) is 4.79 Å². The van der Waals surface area contributed by atoms with Gasteiger partial charge in [0.1, 0.15) is 10.6 Å². The Balaban J connectivity index is 3.04. The minimum Gasteiger partial charge on any atom is -0.507 e. The van der Waals surface area contributed by atoms with Crippen LogP contribution in [0.4, 0.5) is 0 Å². The van der Waals surface area contributed by atoms with Gasteiger partial charge in [-0.2, -0.15) is 0 Å². The number of thiophene rings is 1. The van der Waals surface area contributed by atoms with Crippen molar-refractivity contribution in [3.63, 3.8) is 0 Å². The van der Waals surface area contributed by atoms with Gasteiger partial charge in [0.15, 0.2) is 0 Å². The van der Waals surface area contributed by atoms with Crippen LogP contribution in [0.5, 0.6) is 5.75 Å². The summed E-state index contributed by atoms with van der Waals surface area (Å²) in [5.41, 5.74) is 0.585. The normalized spacial score (nSPS) is 9.64. The van der Waals surface area contributed by atoms with E-state index in [1.54, 1.807) is 6.92 Å². The molecule has 0 aliphatic heterocycles. The molecule has 0 radical (unpaired) electrons. The van der Waals surface area contributed by atoms with E-state index in [0.29, 0.717) is 10.4 Å². The van der Waals surface area contributed by atoms with E-state index >= 15 is 0 Å². The van der Waals surface area contributed by atoms with Gasteiger partial charge in [0, 0.05) is 10.9 Å². The summed E-state index contributed by atoms with van der Waals surface area (Å²) >= 11 is 1.18. The molecule has 0 aromatic carbocycles. The molecule has 0 amide bonds. The second-order valence-electron chi connectivity index (χ2n) is 2.07. The number of esters is 1. The predicted molar refractivity (Wildman–Crippen MR) is 42.1 cm³/mol. The molecule has 0 aliphatic carbocycles. The molecule has 0 atom stereocenters. The first-order valence-electron chi connectivity index (χ1n) is 3.02. The van der Waals surface area contributed by atoms with E-state index in [2.05, 4.69) is 4.74 Å². The molecule has 1 aromatic rings. The van der Waals surface area contributed by atoms with E-state index < -0.39 is 5.97 Å². The smallest absolute Gasteiger partial charge is 0.348 e. The van der Waals surface area contributed by atoms with Gasteiger partial charge in [-0.05, 0) is 6.92 Å². The third-order valence-electron chi connectivity index (χ3n) is 1.38. The Hall–Kier alpha value is -1.03. The average Bonchev–Trinajstić information content (AvgIpc) is 2.32. The quantitative estimate of drug-likeness (QED) is 0.654. The maximum atomic E-state index is 10.9. The number of rotatable bonds is 1. The van der Waals surface area contributed by atoms with Crippen LogP contribution in [0.25, 0.3) is 0 Å². The van der Waals surface area contributed by atoms with Gasteiger partial charge < -0.3 is 9.84 Å². The second-order valence-corrected chi connectivity index (χ2v) is 2.95. The third-order valence-corrected chi connectivity index (χ3v) is 2.43. The van der Waals surface area contributed by atoms with Crippen LogP contribution in [-0.4, -0.2) is 18.2 Å². The molecule has 3 nitrogen and oxygen atoms in total. The number of methoxy groups -OCH3 is 1. The zero-order valence-electron chi connectivity index (χ0n) is 6.25. The van der Waals surface area contributed by atoms with Crippen LogP contribution in [0.3, 0.4) is 0 Å². The summed E-state index contributed by atoms with van der Waals surface area (Å²) in [5.74, 6) is -0.247. The topological polar surface area (TPSA) is 46.5 Å². The van der Waals surface area contributed by atoms with Crippen molar-refractivity contribution < 1.29 is 14.6 Å². The number of hydrogen-bond donors (Lipinski definition) is 1. The summed E-state index contributed by atoms with van der Waals surface area (Å²) in [6.45, 7) is 1.68. The summed E-state index contributed by atoms with van der Waals surface area (Å²) in [6, 6.07) is 0. The van der Waals surface area contributed by atoms with E-state index in [9.17, 15) is 4.79 Å². The van der Waals surface area contributed by atoms with Crippen molar-refractivity contribution in [1.82, 2.24) is 0 Å². The van der Waals surface area contributed by atoms with Gasteiger partial charge in [-0.3, -0.25) is 0 Å². The van der Waals surface area contributed by atoms with Gasteiger partial charge in [-0.1, -0.05) is 0 Å². The molecule has 60 valence electrons. The van der Waals surface area contributed by atoms with E-state index in [0.717, 1.165) is 0 Å². The first-order chi connectivity index (χ1) is 5.16. The molecule has 0 unspecified atom stereocenters. The SMILES string of the molecule is COC(=O)c1scc(O)c1C. The zero-order chi connectivity index (χ0) is 8.43. The van der Waals surface area contributed by atoms with Crippen LogP contribution in [0.2, 0.25) is 0 Å². The van der Waals surface area contributed by atoms with E-state index in [-0.39, 0.29) is 5.75 Å². The predicted octanol–water partition coefficient (Wildman–Crippen LogP) is 1.55. The van der Waals surface area contributed by atoms with Crippen LogP contribution in [0, 0.1) is 6.92 Å². The lowest BCUT2D eigenvalue weighted by Gasteiger charge is -1.95. The molecule has 11 heavy (non-hydrogen) atoms.